The SMILES string of the molecule is CS(=O)(=O)c1ccc2nc(NC(=O)c3ccc(NC(=O)c4cccs4)cc3)sc2c1. The second-order valence-corrected chi connectivity index (χ2v) is 10.4. The Morgan fingerprint density at radius 1 is 0.967 bits per heavy atom. The molecule has 2 aromatic carbocycles. The summed E-state index contributed by atoms with van der Waals surface area (Å²) in [6.07, 6.45) is 1.14. The first-order valence-corrected chi connectivity index (χ1v) is 12.3. The smallest absolute Gasteiger partial charge is 0.265 e. The van der Waals surface area contributed by atoms with Gasteiger partial charge in [-0.15, -0.1) is 11.3 Å². The molecule has 7 nitrogen and oxygen atoms in total. The van der Waals surface area contributed by atoms with E-state index in [0.29, 0.717) is 31.5 Å². The van der Waals surface area contributed by atoms with Crippen LogP contribution in [-0.2, 0) is 9.84 Å². The van der Waals surface area contributed by atoms with Crippen molar-refractivity contribution in [1.82, 2.24) is 4.98 Å². The average Bonchev–Trinajstić information content (AvgIpc) is 3.36. The molecule has 0 spiro atoms. The molecule has 2 aromatic heterocycles. The van der Waals surface area contributed by atoms with E-state index in [1.165, 1.54) is 28.7 Å². The summed E-state index contributed by atoms with van der Waals surface area (Å²) in [6.45, 7) is 0. The summed E-state index contributed by atoms with van der Waals surface area (Å²) in [5.41, 5.74) is 1.59. The summed E-state index contributed by atoms with van der Waals surface area (Å²) in [5.74, 6) is -0.557. The minimum absolute atomic E-state index is 0.204. The number of anilines is 2. The third kappa shape index (κ3) is 4.40. The lowest BCUT2D eigenvalue weighted by molar-refractivity contribution is 0.102. The average molecular weight is 458 g/mol. The molecule has 0 bridgehead atoms. The second kappa shape index (κ2) is 7.98. The molecule has 0 aliphatic rings. The zero-order valence-corrected chi connectivity index (χ0v) is 18.0. The van der Waals surface area contributed by atoms with Crippen molar-refractivity contribution in [3.05, 3.63) is 70.4 Å². The van der Waals surface area contributed by atoms with Crippen molar-refractivity contribution in [2.75, 3.05) is 16.9 Å². The number of benzene rings is 2. The first-order chi connectivity index (χ1) is 14.3. The number of fused-ring (bicyclic) bond motifs is 1. The zero-order chi connectivity index (χ0) is 21.3. The number of aromatic nitrogens is 1. The normalized spacial score (nSPS) is 11.4. The van der Waals surface area contributed by atoms with Gasteiger partial charge in [0.05, 0.1) is 20.0 Å². The molecule has 2 heterocycles. The summed E-state index contributed by atoms with van der Waals surface area (Å²) in [7, 11) is -3.32. The van der Waals surface area contributed by atoms with Gasteiger partial charge >= 0.3 is 0 Å². The summed E-state index contributed by atoms with van der Waals surface area (Å²) < 4.78 is 24.1. The fourth-order valence-corrected chi connectivity index (χ4v) is 4.90. The predicted molar refractivity (Wildman–Crippen MR) is 119 cm³/mol. The molecule has 4 aromatic rings. The van der Waals surface area contributed by atoms with Crippen LogP contribution in [0.5, 0.6) is 0 Å². The fourth-order valence-electron chi connectivity index (χ4n) is 2.66. The van der Waals surface area contributed by atoms with E-state index in [0.717, 1.165) is 6.26 Å². The molecule has 0 unspecified atom stereocenters. The Bertz CT molecular complexity index is 1340. The van der Waals surface area contributed by atoms with E-state index in [2.05, 4.69) is 15.6 Å². The predicted octanol–water partition coefficient (Wildman–Crippen LogP) is 4.27. The van der Waals surface area contributed by atoms with Crippen LogP contribution < -0.4 is 10.6 Å². The first-order valence-electron chi connectivity index (χ1n) is 8.66. The molecular weight excluding hydrogens is 442 g/mol. The van der Waals surface area contributed by atoms with Gasteiger partial charge in [0.25, 0.3) is 11.8 Å². The molecule has 0 radical (unpaired) electrons. The van der Waals surface area contributed by atoms with Crippen molar-refractivity contribution < 1.29 is 18.0 Å². The minimum Gasteiger partial charge on any atom is -0.321 e. The van der Waals surface area contributed by atoms with Crippen molar-refractivity contribution >= 4 is 65.4 Å². The van der Waals surface area contributed by atoms with E-state index in [1.54, 1.807) is 48.5 Å². The van der Waals surface area contributed by atoms with Crippen molar-refractivity contribution in [3.8, 4) is 0 Å². The van der Waals surface area contributed by atoms with Crippen LogP contribution >= 0.6 is 22.7 Å². The lowest BCUT2D eigenvalue weighted by Gasteiger charge is -2.05. The maximum Gasteiger partial charge on any atom is 0.265 e. The van der Waals surface area contributed by atoms with Crippen molar-refractivity contribution in [1.29, 1.82) is 0 Å². The lowest BCUT2D eigenvalue weighted by Crippen LogP contribution is -2.13. The number of hydrogen-bond donors (Lipinski definition) is 2. The lowest BCUT2D eigenvalue weighted by atomic mass is 10.2. The van der Waals surface area contributed by atoms with Gasteiger partial charge in [0, 0.05) is 17.5 Å². The Labute approximate surface area is 180 Å². The molecule has 2 N–H and O–H groups in total. The van der Waals surface area contributed by atoms with Crippen LogP contribution in [0, 0.1) is 0 Å². The maximum absolute atomic E-state index is 12.5. The third-order valence-electron chi connectivity index (χ3n) is 4.16. The highest BCUT2D eigenvalue weighted by Gasteiger charge is 2.13. The highest BCUT2D eigenvalue weighted by atomic mass is 32.2. The molecule has 0 saturated heterocycles. The number of thiophene rings is 1. The van der Waals surface area contributed by atoms with E-state index in [4.69, 9.17) is 0 Å². The molecular formula is C20H15N3O4S3. The number of carbonyl (C=O) groups excluding carboxylic acids is 2. The van der Waals surface area contributed by atoms with Gasteiger partial charge in [-0.1, -0.05) is 17.4 Å². The Hall–Kier alpha value is -3.08. The highest BCUT2D eigenvalue weighted by Crippen LogP contribution is 2.28. The van der Waals surface area contributed by atoms with Crippen molar-refractivity contribution in [2.45, 2.75) is 4.90 Å². The van der Waals surface area contributed by atoms with Crippen LogP contribution in [-0.4, -0.2) is 31.5 Å². The number of amides is 2. The van der Waals surface area contributed by atoms with Gasteiger partial charge in [0.15, 0.2) is 15.0 Å². The van der Waals surface area contributed by atoms with E-state index >= 15 is 0 Å². The molecule has 0 aliphatic heterocycles. The molecule has 0 aliphatic carbocycles. The molecule has 152 valence electrons. The standard InChI is InChI=1S/C20H15N3O4S3/c1-30(26,27)14-8-9-15-17(11-14)29-20(22-15)23-18(24)12-4-6-13(7-5-12)21-19(25)16-3-2-10-28-16/h2-11H,1H3,(H,21,25)(H,22,23,24). The molecule has 0 fully saturated rings. The van der Waals surface area contributed by atoms with E-state index in [1.807, 2.05) is 5.38 Å². The molecule has 30 heavy (non-hydrogen) atoms. The van der Waals surface area contributed by atoms with Gasteiger partial charge < -0.3 is 5.32 Å². The minimum atomic E-state index is -3.32. The molecule has 0 saturated carbocycles. The summed E-state index contributed by atoms with van der Waals surface area (Å²) in [4.78, 5) is 29.7. The number of nitrogens with zero attached hydrogens (tertiary/aromatic N) is 1. The monoisotopic (exact) mass is 457 g/mol. The summed E-state index contributed by atoms with van der Waals surface area (Å²) in [6, 6.07) is 14.7. The van der Waals surface area contributed by atoms with E-state index < -0.39 is 9.84 Å². The molecule has 2 amide bonds. The van der Waals surface area contributed by atoms with Crippen LogP contribution in [0.15, 0.2) is 64.9 Å². The molecule has 4 rings (SSSR count). The molecule has 10 heteroatoms. The maximum atomic E-state index is 12.5. The fraction of sp³-hybridized carbons (Fsp3) is 0.0500. The molecule has 0 atom stereocenters. The largest absolute Gasteiger partial charge is 0.321 e. The van der Waals surface area contributed by atoms with Crippen LogP contribution in [0.3, 0.4) is 0 Å². The van der Waals surface area contributed by atoms with Crippen LogP contribution in [0.2, 0.25) is 0 Å². The second-order valence-electron chi connectivity index (χ2n) is 6.38. The van der Waals surface area contributed by atoms with E-state index in [9.17, 15) is 18.0 Å². The number of nitrogens with one attached hydrogen (secondary N) is 2. The Kier molecular flexibility index (Phi) is 5.37. The van der Waals surface area contributed by atoms with Gasteiger partial charge in [-0.25, -0.2) is 13.4 Å². The van der Waals surface area contributed by atoms with E-state index in [-0.39, 0.29) is 16.7 Å². The van der Waals surface area contributed by atoms with Crippen LogP contribution in [0.1, 0.15) is 20.0 Å². The van der Waals surface area contributed by atoms with Gasteiger partial charge in [-0.2, -0.15) is 0 Å². The number of rotatable bonds is 5. The Morgan fingerprint density at radius 2 is 1.73 bits per heavy atom. The Morgan fingerprint density at radius 3 is 2.40 bits per heavy atom. The number of hydrogen-bond acceptors (Lipinski definition) is 7. The zero-order valence-electron chi connectivity index (χ0n) is 15.6. The summed E-state index contributed by atoms with van der Waals surface area (Å²) >= 11 is 2.55. The summed E-state index contributed by atoms with van der Waals surface area (Å²) in [5, 5.41) is 7.69. The quantitative estimate of drug-likeness (QED) is 0.466. The number of thiazole rings is 1. The van der Waals surface area contributed by atoms with Gasteiger partial charge in [0.2, 0.25) is 0 Å². The van der Waals surface area contributed by atoms with Crippen molar-refractivity contribution in [2.24, 2.45) is 0 Å². The first kappa shape index (κ1) is 20.2. The topological polar surface area (TPSA) is 105 Å². The van der Waals surface area contributed by atoms with Gasteiger partial charge in [-0.3, -0.25) is 14.9 Å². The van der Waals surface area contributed by atoms with Gasteiger partial charge in [-0.05, 0) is 53.9 Å². The number of carbonyl (C=O) groups is 2. The van der Waals surface area contributed by atoms with Crippen LogP contribution in [0.25, 0.3) is 10.2 Å². The van der Waals surface area contributed by atoms with Crippen LogP contribution in [0.4, 0.5) is 10.8 Å². The third-order valence-corrected chi connectivity index (χ3v) is 7.07. The van der Waals surface area contributed by atoms with Gasteiger partial charge in [0.1, 0.15) is 0 Å². The highest BCUT2D eigenvalue weighted by molar-refractivity contribution is 7.90. The Balaban J connectivity index is 1.46. The number of sulfone groups is 1. The van der Waals surface area contributed by atoms with Crippen molar-refractivity contribution in [3.63, 3.8) is 0 Å².